The molecule has 1 fully saturated rings. The maximum atomic E-state index is 13.2. The van der Waals surface area contributed by atoms with Crippen LogP contribution in [0.2, 0.25) is 0 Å². The standard InChI is InChI=1S/C21H27N3O4S/c1-16-15-22(18-7-9-19(10-8-18)24(25)26)13-14-23(16)29(27,28)20-11-5-17(6-12-20)21(2,3)4/h5-12,16H,13-15H2,1-4H3/t16-/m0/s1. The van der Waals surface area contributed by atoms with Crippen molar-refractivity contribution in [2.24, 2.45) is 0 Å². The first-order valence-electron chi connectivity index (χ1n) is 9.62. The summed E-state index contributed by atoms with van der Waals surface area (Å²) in [6.07, 6.45) is 0. The van der Waals surface area contributed by atoms with E-state index in [1.54, 1.807) is 28.6 Å². The highest BCUT2D eigenvalue weighted by atomic mass is 32.2. The Morgan fingerprint density at radius 1 is 1.00 bits per heavy atom. The van der Waals surface area contributed by atoms with Gasteiger partial charge in [-0.1, -0.05) is 32.9 Å². The summed E-state index contributed by atoms with van der Waals surface area (Å²) < 4.78 is 27.9. The SMILES string of the molecule is C[C@H]1CN(c2ccc([N+](=O)[O-])cc2)CCN1S(=O)(=O)c1ccc(C(C)(C)C)cc1. The lowest BCUT2D eigenvalue weighted by Gasteiger charge is -2.40. The number of hydrogen-bond donors (Lipinski definition) is 0. The summed E-state index contributed by atoms with van der Waals surface area (Å²) in [5.74, 6) is 0. The molecule has 1 heterocycles. The predicted octanol–water partition coefficient (Wildman–Crippen LogP) is 3.79. The number of anilines is 1. The third-order valence-corrected chi connectivity index (χ3v) is 7.35. The minimum Gasteiger partial charge on any atom is -0.369 e. The Bertz CT molecular complexity index is 980. The van der Waals surface area contributed by atoms with E-state index in [9.17, 15) is 18.5 Å². The molecular formula is C21H27N3O4S. The Hall–Kier alpha value is -2.45. The third kappa shape index (κ3) is 4.43. The molecule has 8 heteroatoms. The topological polar surface area (TPSA) is 83.8 Å². The molecule has 1 aliphatic rings. The van der Waals surface area contributed by atoms with Crippen LogP contribution in [0.1, 0.15) is 33.3 Å². The Morgan fingerprint density at radius 2 is 1.59 bits per heavy atom. The molecule has 0 aliphatic carbocycles. The molecule has 1 aliphatic heterocycles. The maximum absolute atomic E-state index is 13.2. The number of piperazine rings is 1. The van der Waals surface area contributed by atoms with Gasteiger partial charge in [-0.25, -0.2) is 8.42 Å². The fourth-order valence-corrected chi connectivity index (χ4v) is 5.19. The number of sulfonamides is 1. The highest BCUT2D eigenvalue weighted by Crippen LogP contribution is 2.28. The van der Waals surface area contributed by atoms with Crippen LogP contribution < -0.4 is 4.90 Å². The number of rotatable bonds is 4. The minimum absolute atomic E-state index is 0.0357. The van der Waals surface area contributed by atoms with Crippen molar-refractivity contribution in [3.63, 3.8) is 0 Å². The van der Waals surface area contributed by atoms with E-state index in [1.165, 1.54) is 12.1 Å². The zero-order valence-electron chi connectivity index (χ0n) is 17.2. The van der Waals surface area contributed by atoms with E-state index in [4.69, 9.17) is 0 Å². The average Bonchev–Trinajstić information content (AvgIpc) is 2.67. The normalized spacial score (nSPS) is 18.6. The van der Waals surface area contributed by atoms with Gasteiger partial charge in [0.1, 0.15) is 0 Å². The molecular weight excluding hydrogens is 390 g/mol. The molecule has 0 amide bonds. The van der Waals surface area contributed by atoms with Crippen molar-refractivity contribution in [1.29, 1.82) is 0 Å². The van der Waals surface area contributed by atoms with Gasteiger partial charge >= 0.3 is 0 Å². The van der Waals surface area contributed by atoms with Gasteiger partial charge in [0.15, 0.2) is 0 Å². The van der Waals surface area contributed by atoms with E-state index >= 15 is 0 Å². The largest absolute Gasteiger partial charge is 0.369 e. The lowest BCUT2D eigenvalue weighted by atomic mass is 9.87. The molecule has 7 nitrogen and oxygen atoms in total. The summed E-state index contributed by atoms with van der Waals surface area (Å²) in [6, 6.07) is 13.3. The van der Waals surface area contributed by atoms with Gasteiger partial charge in [0, 0.05) is 43.5 Å². The molecule has 2 aromatic rings. The Labute approximate surface area is 172 Å². The van der Waals surface area contributed by atoms with Gasteiger partial charge in [0.25, 0.3) is 5.69 Å². The number of nitrogens with zero attached hydrogens (tertiary/aromatic N) is 3. The van der Waals surface area contributed by atoms with E-state index in [-0.39, 0.29) is 17.1 Å². The number of benzene rings is 2. The number of non-ortho nitro benzene ring substituents is 1. The van der Waals surface area contributed by atoms with E-state index in [0.29, 0.717) is 24.5 Å². The monoisotopic (exact) mass is 417 g/mol. The van der Waals surface area contributed by atoms with Gasteiger partial charge in [-0.15, -0.1) is 0 Å². The molecule has 29 heavy (non-hydrogen) atoms. The van der Waals surface area contributed by atoms with Crippen LogP contribution in [0.4, 0.5) is 11.4 Å². The fourth-order valence-electron chi connectivity index (χ4n) is 3.58. The van der Waals surface area contributed by atoms with Crippen LogP contribution >= 0.6 is 0 Å². The molecule has 2 aromatic carbocycles. The van der Waals surface area contributed by atoms with E-state index < -0.39 is 14.9 Å². The first-order valence-corrected chi connectivity index (χ1v) is 11.1. The van der Waals surface area contributed by atoms with E-state index in [2.05, 4.69) is 25.7 Å². The summed E-state index contributed by atoms with van der Waals surface area (Å²) in [7, 11) is -3.58. The van der Waals surface area contributed by atoms with Crippen LogP contribution in [0.15, 0.2) is 53.4 Å². The number of nitro groups is 1. The van der Waals surface area contributed by atoms with Gasteiger partial charge in [-0.3, -0.25) is 10.1 Å². The van der Waals surface area contributed by atoms with Crippen molar-refractivity contribution in [3.8, 4) is 0 Å². The molecule has 0 saturated carbocycles. The second-order valence-electron chi connectivity index (χ2n) is 8.46. The predicted molar refractivity (Wildman–Crippen MR) is 114 cm³/mol. The summed E-state index contributed by atoms with van der Waals surface area (Å²) in [5, 5.41) is 10.8. The Balaban J connectivity index is 1.75. The lowest BCUT2D eigenvalue weighted by molar-refractivity contribution is -0.384. The van der Waals surface area contributed by atoms with Crippen LogP contribution in [0.3, 0.4) is 0 Å². The molecule has 0 unspecified atom stereocenters. The smallest absolute Gasteiger partial charge is 0.269 e. The Kier molecular flexibility index (Phi) is 5.69. The molecule has 0 N–H and O–H groups in total. The first kappa shape index (κ1) is 21.3. The van der Waals surface area contributed by atoms with Crippen LogP contribution in [0.25, 0.3) is 0 Å². The molecule has 0 spiro atoms. The van der Waals surface area contributed by atoms with Crippen LogP contribution in [0, 0.1) is 10.1 Å². The molecule has 3 rings (SSSR count). The molecule has 1 saturated heterocycles. The highest BCUT2D eigenvalue weighted by molar-refractivity contribution is 7.89. The van der Waals surface area contributed by atoms with Crippen molar-refractivity contribution in [2.75, 3.05) is 24.5 Å². The molecule has 0 bridgehead atoms. The van der Waals surface area contributed by atoms with Crippen molar-refractivity contribution < 1.29 is 13.3 Å². The molecule has 0 aromatic heterocycles. The van der Waals surface area contributed by atoms with Crippen LogP contribution in [-0.2, 0) is 15.4 Å². The fraction of sp³-hybridized carbons (Fsp3) is 0.429. The van der Waals surface area contributed by atoms with Crippen LogP contribution in [-0.4, -0.2) is 43.3 Å². The summed E-state index contributed by atoms with van der Waals surface area (Å²) >= 11 is 0. The maximum Gasteiger partial charge on any atom is 0.269 e. The summed E-state index contributed by atoms with van der Waals surface area (Å²) in [4.78, 5) is 12.8. The summed E-state index contributed by atoms with van der Waals surface area (Å²) in [6.45, 7) is 9.58. The molecule has 156 valence electrons. The molecule has 1 atom stereocenters. The van der Waals surface area contributed by atoms with Gasteiger partial charge < -0.3 is 4.90 Å². The van der Waals surface area contributed by atoms with Crippen molar-refractivity contribution >= 4 is 21.4 Å². The highest BCUT2D eigenvalue weighted by Gasteiger charge is 2.34. The van der Waals surface area contributed by atoms with Crippen LogP contribution in [0.5, 0.6) is 0 Å². The molecule has 0 radical (unpaired) electrons. The van der Waals surface area contributed by atoms with E-state index in [1.807, 2.05) is 19.1 Å². The lowest BCUT2D eigenvalue weighted by Crippen LogP contribution is -2.54. The summed E-state index contributed by atoms with van der Waals surface area (Å²) in [5.41, 5.74) is 1.95. The van der Waals surface area contributed by atoms with Gasteiger partial charge in [-0.2, -0.15) is 4.31 Å². The van der Waals surface area contributed by atoms with Gasteiger partial charge in [0.2, 0.25) is 10.0 Å². The Morgan fingerprint density at radius 3 is 2.07 bits per heavy atom. The second-order valence-corrected chi connectivity index (χ2v) is 10.3. The average molecular weight is 418 g/mol. The van der Waals surface area contributed by atoms with Crippen molar-refractivity contribution in [3.05, 3.63) is 64.2 Å². The zero-order chi connectivity index (χ0) is 21.4. The quantitative estimate of drug-likeness (QED) is 0.558. The zero-order valence-corrected chi connectivity index (χ0v) is 18.0. The van der Waals surface area contributed by atoms with Gasteiger partial charge in [0.05, 0.1) is 9.82 Å². The van der Waals surface area contributed by atoms with Crippen molar-refractivity contribution in [2.45, 2.75) is 44.0 Å². The minimum atomic E-state index is -3.58. The van der Waals surface area contributed by atoms with Crippen molar-refractivity contribution in [1.82, 2.24) is 4.31 Å². The number of nitro benzene ring substituents is 1. The van der Waals surface area contributed by atoms with E-state index in [0.717, 1.165) is 11.3 Å². The third-order valence-electron chi connectivity index (χ3n) is 5.32. The number of hydrogen-bond acceptors (Lipinski definition) is 5. The first-order chi connectivity index (χ1) is 13.5. The van der Waals surface area contributed by atoms with Gasteiger partial charge in [-0.05, 0) is 42.2 Å². The second kappa shape index (κ2) is 7.76.